The Balaban J connectivity index is 2.44. The maximum Gasteiger partial charge on any atom is 0.228 e. The second kappa shape index (κ2) is 5.57. The van der Waals surface area contributed by atoms with Gasteiger partial charge in [0, 0.05) is 25.1 Å². The van der Waals surface area contributed by atoms with Crippen LogP contribution in [0.4, 0.5) is 5.69 Å². The second-order valence-electron chi connectivity index (χ2n) is 4.19. The smallest absolute Gasteiger partial charge is 0.228 e. The van der Waals surface area contributed by atoms with Gasteiger partial charge >= 0.3 is 0 Å². The third-order valence-electron chi connectivity index (χ3n) is 3.04. The summed E-state index contributed by atoms with van der Waals surface area (Å²) in [6, 6.07) is 3.49. The lowest BCUT2D eigenvalue weighted by atomic mass is 10.2. The van der Waals surface area contributed by atoms with Crippen molar-refractivity contribution in [2.45, 2.75) is 11.8 Å². The van der Waals surface area contributed by atoms with Crippen LogP contribution in [0.25, 0.3) is 0 Å². The average molecular weight is 286 g/mol. The van der Waals surface area contributed by atoms with Crippen molar-refractivity contribution in [2.24, 2.45) is 0 Å². The molecule has 1 aromatic rings. The Hall–Kier alpha value is -1.62. The van der Waals surface area contributed by atoms with E-state index in [9.17, 15) is 4.79 Å². The Morgan fingerprint density at radius 3 is 2.11 bits per heavy atom. The third-order valence-corrected chi connectivity index (χ3v) is 3.33. The van der Waals surface area contributed by atoms with Gasteiger partial charge in [0.15, 0.2) is 11.5 Å². The summed E-state index contributed by atoms with van der Waals surface area (Å²) in [6.45, 7) is 0.485. The molecule has 1 aliphatic rings. The van der Waals surface area contributed by atoms with Crippen molar-refractivity contribution in [1.82, 2.24) is 0 Å². The first kappa shape index (κ1) is 13.8. The molecule has 0 N–H and O–H groups in total. The number of ether oxygens (including phenoxy) is 3. The molecule has 19 heavy (non-hydrogen) atoms. The minimum Gasteiger partial charge on any atom is -0.493 e. The monoisotopic (exact) mass is 285 g/mol. The molecule has 6 heteroatoms. The van der Waals surface area contributed by atoms with E-state index in [-0.39, 0.29) is 11.3 Å². The fourth-order valence-corrected chi connectivity index (χ4v) is 2.41. The van der Waals surface area contributed by atoms with Crippen LogP contribution < -0.4 is 19.1 Å². The number of nitrogens with zero attached hydrogens (tertiary/aromatic N) is 1. The molecule has 0 saturated carbocycles. The normalized spacial score (nSPS) is 18.6. The predicted molar refractivity (Wildman–Crippen MR) is 72.7 cm³/mol. The Morgan fingerprint density at radius 2 is 1.74 bits per heavy atom. The first-order valence-electron chi connectivity index (χ1n) is 5.85. The van der Waals surface area contributed by atoms with Gasteiger partial charge in [0.05, 0.1) is 32.4 Å². The number of hydrogen-bond donors (Lipinski definition) is 0. The number of rotatable bonds is 4. The highest BCUT2D eigenvalue weighted by Crippen LogP contribution is 2.41. The van der Waals surface area contributed by atoms with Crippen molar-refractivity contribution in [3.05, 3.63) is 12.1 Å². The molecule has 1 saturated heterocycles. The van der Waals surface area contributed by atoms with Crippen LogP contribution in [0.2, 0.25) is 0 Å². The van der Waals surface area contributed by atoms with Gasteiger partial charge in [-0.05, 0) is 0 Å². The molecule has 1 aromatic carbocycles. The number of alkyl halides is 1. The molecule has 2 rings (SSSR count). The van der Waals surface area contributed by atoms with Crippen molar-refractivity contribution >= 4 is 23.2 Å². The van der Waals surface area contributed by atoms with E-state index in [1.807, 2.05) is 0 Å². The summed E-state index contributed by atoms with van der Waals surface area (Å²) in [4.78, 5) is 13.5. The molecule has 0 radical (unpaired) electrons. The van der Waals surface area contributed by atoms with Crippen molar-refractivity contribution in [1.29, 1.82) is 0 Å². The summed E-state index contributed by atoms with van der Waals surface area (Å²) in [5, 5.41) is -0.161. The van der Waals surface area contributed by atoms with Gasteiger partial charge in [-0.25, -0.2) is 0 Å². The van der Waals surface area contributed by atoms with Crippen molar-refractivity contribution in [2.75, 3.05) is 32.8 Å². The molecule has 1 atom stereocenters. The fraction of sp³-hybridized carbons (Fsp3) is 0.462. The Bertz CT molecular complexity index is 467. The summed E-state index contributed by atoms with van der Waals surface area (Å²) in [6.07, 6.45) is 0.345. The van der Waals surface area contributed by atoms with Crippen LogP contribution in [-0.2, 0) is 4.79 Å². The lowest BCUT2D eigenvalue weighted by Crippen LogP contribution is -2.24. The van der Waals surface area contributed by atoms with Crippen molar-refractivity contribution < 1.29 is 19.0 Å². The number of anilines is 1. The molecular weight excluding hydrogens is 270 g/mol. The van der Waals surface area contributed by atoms with Gasteiger partial charge in [0.25, 0.3) is 0 Å². The number of hydrogen-bond acceptors (Lipinski definition) is 4. The SMILES string of the molecule is COc1cc(N2CC(Cl)CC2=O)cc(OC)c1OC. The maximum atomic E-state index is 11.9. The zero-order valence-electron chi connectivity index (χ0n) is 11.1. The van der Waals surface area contributed by atoms with Gasteiger partial charge in [-0.2, -0.15) is 0 Å². The van der Waals surface area contributed by atoms with Gasteiger partial charge in [0.2, 0.25) is 11.7 Å². The van der Waals surface area contributed by atoms with Crippen LogP contribution in [0.15, 0.2) is 12.1 Å². The van der Waals surface area contributed by atoms with E-state index in [1.54, 1.807) is 17.0 Å². The van der Waals surface area contributed by atoms with Crippen molar-refractivity contribution in [3.63, 3.8) is 0 Å². The molecule has 104 valence electrons. The molecular formula is C13H16ClNO4. The molecule has 5 nitrogen and oxygen atoms in total. The van der Waals surface area contributed by atoms with E-state index in [2.05, 4.69) is 0 Å². The van der Waals surface area contributed by atoms with E-state index < -0.39 is 0 Å². The van der Waals surface area contributed by atoms with E-state index in [0.29, 0.717) is 35.9 Å². The second-order valence-corrected chi connectivity index (χ2v) is 4.81. The van der Waals surface area contributed by atoms with E-state index in [4.69, 9.17) is 25.8 Å². The third kappa shape index (κ3) is 2.56. The lowest BCUT2D eigenvalue weighted by molar-refractivity contribution is -0.117. The highest BCUT2D eigenvalue weighted by atomic mass is 35.5. The summed E-state index contributed by atoms with van der Waals surface area (Å²) in [7, 11) is 4.62. The van der Waals surface area contributed by atoms with Crippen LogP contribution in [0, 0.1) is 0 Å². The topological polar surface area (TPSA) is 48.0 Å². The molecule has 0 aliphatic carbocycles. The minimum atomic E-state index is -0.161. The first-order chi connectivity index (χ1) is 9.10. The van der Waals surface area contributed by atoms with Crippen LogP contribution in [0.3, 0.4) is 0 Å². The van der Waals surface area contributed by atoms with Crippen LogP contribution in [-0.4, -0.2) is 39.2 Å². The first-order valence-corrected chi connectivity index (χ1v) is 6.28. The van der Waals surface area contributed by atoms with Gasteiger partial charge in [-0.1, -0.05) is 0 Å². The van der Waals surface area contributed by atoms with Crippen LogP contribution in [0.1, 0.15) is 6.42 Å². The summed E-state index contributed by atoms with van der Waals surface area (Å²) in [5.41, 5.74) is 0.697. The highest BCUT2D eigenvalue weighted by molar-refractivity contribution is 6.24. The lowest BCUT2D eigenvalue weighted by Gasteiger charge is -2.20. The maximum absolute atomic E-state index is 11.9. The fourth-order valence-electron chi connectivity index (χ4n) is 2.14. The Kier molecular flexibility index (Phi) is 4.04. The number of carbonyl (C=O) groups excluding carboxylic acids is 1. The number of amides is 1. The number of carbonyl (C=O) groups is 1. The quantitative estimate of drug-likeness (QED) is 0.795. The Labute approximate surface area is 117 Å². The van der Waals surface area contributed by atoms with E-state index >= 15 is 0 Å². The minimum absolute atomic E-state index is 0.00530. The van der Waals surface area contributed by atoms with Crippen LogP contribution in [0.5, 0.6) is 17.2 Å². The number of benzene rings is 1. The summed E-state index contributed by atoms with van der Waals surface area (Å²) >= 11 is 6.01. The predicted octanol–water partition coefficient (Wildman–Crippen LogP) is 2.06. The van der Waals surface area contributed by atoms with Gasteiger partial charge in [0.1, 0.15) is 0 Å². The van der Waals surface area contributed by atoms with Gasteiger partial charge < -0.3 is 19.1 Å². The molecule has 1 amide bonds. The zero-order valence-corrected chi connectivity index (χ0v) is 11.9. The largest absolute Gasteiger partial charge is 0.493 e. The van der Waals surface area contributed by atoms with E-state index in [0.717, 1.165) is 0 Å². The molecule has 1 fully saturated rings. The number of methoxy groups -OCH3 is 3. The Morgan fingerprint density at radius 1 is 1.16 bits per heavy atom. The molecule has 0 spiro atoms. The summed E-state index contributed by atoms with van der Waals surface area (Å²) in [5.74, 6) is 1.53. The molecule has 0 aromatic heterocycles. The zero-order chi connectivity index (χ0) is 14.0. The number of halogens is 1. The van der Waals surface area contributed by atoms with Gasteiger partial charge in [-0.15, -0.1) is 11.6 Å². The molecule has 1 unspecified atom stereocenters. The van der Waals surface area contributed by atoms with Crippen LogP contribution >= 0.6 is 11.6 Å². The van der Waals surface area contributed by atoms with E-state index in [1.165, 1.54) is 21.3 Å². The molecule has 1 aliphatic heterocycles. The van der Waals surface area contributed by atoms with Crippen molar-refractivity contribution in [3.8, 4) is 17.2 Å². The average Bonchev–Trinajstić information content (AvgIpc) is 2.75. The van der Waals surface area contributed by atoms with Gasteiger partial charge in [-0.3, -0.25) is 4.79 Å². The highest BCUT2D eigenvalue weighted by Gasteiger charge is 2.30. The molecule has 1 heterocycles. The molecule has 0 bridgehead atoms. The standard InChI is InChI=1S/C13H16ClNO4/c1-17-10-5-9(6-11(18-2)13(10)19-3)15-7-8(14)4-12(15)16/h5-6,8H,4,7H2,1-3H3. The summed E-state index contributed by atoms with van der Waals surface area (Å²) < 4.78 is 15.8.